The molecule has 1 aromatic heterocycles. The zero-order valence-corrected chi connectivity index (χ0v) is 13.2. The van der Waals surface area contributed by atoms with Gasteiger partial charge in [0.25, 0.3) is 0 Å². The minimum absolute atomic E-state index is 0.0747. The lowest BCUT2D eigenvalue weighted by molar-refractivity contribution is 0.178. The molecule has 0 aliphatic carbocycles. The number of hydrogen-bond donors (Lipinski definition) is 3. The first-order chi connectivity index (χ1) is 11.5. The molecule has 124 valence electrons. The van der Waals surface area contributed by atoms with Crippen LogP contribution in [0.2, 0.25) is 0 Å². The zero-order chi connectivity index (χ0) is 17.1. The Kier molecular flexibility index (Phi) is 4.73. The summed E-state index contributed by atoms with van der Waals surface area (Å²) in [4.78, 5) is 12.5. The van der Waals surface area contributed by atoms with Crippen molar-refractivity contribution in [3.8, 4) is 0 Å². The number of benzene rings is 2. The van der Waals surface area contributed by atoms with E-state index in [9.17, 15) is 18.7 Å². The van der Waals surface area contributed by atoms with Gasteiger partial charge in [-0.3, -0.25) is 0 Å². The van der Waals surface area contributed by atoms with Crippen molar-refractivity contribution >= 4 is 33.1 Å². The number of aliphatic hydroxyl groups excluding tert-OH is 1. The van der Waals surface area contributed by atoms with Crippen LogP contribution in [-0.4, -0.2) is 17.7 Å². The first kappa shape index (κ1) is 16.4. The monoisotopic (exact) mass is 348 g/mol. The van der Waals surface area contributed by atoms with Crippen LogP contribution in [0.4, 0.5) is 19.3 Å². The number of hydrogen-bond acceptors (Lipinski definition) is 3. The van der Waals surface area contributed by atoms with Gasteiger partial charge in [-0.25, -0.2) is 13.6 Å². The molecule has 4 nitrogen and oxygen atoms in total. The first-order valence-electron chi connectivity index (χ1n) is 7.20. The number of anilines is 1. The number of halogens is 2. The second-order valence-corrected chi connectivity index (χ2v) is 6.25. The standard InChI is InChI=1S/C17H14F2N2O2S/c18-11-5-3-6-12(19)16(11)21-17(23)20-9-13(22)15-8-10-4-1-2-7-14(10)24-15/h1-8,13,22H,9H2,(H2,20,21,23). The summed E-state index contributed by atoms with van der Waals surface area (Å²) in [5, 5.41) is 15.7. The van der Waals surface area contributed by atoms with Crippen LogP contribution in [0, 0.1) is 11.6 Å². The first-order valence-corrected chi connectivity index (χ1v) is 8.01. The van der Waals surface area contributed by atoms with Crippen molar-refractivity contribution in [3.05, 3.63) is 65.0 Å². The number of fused-ring (bicyclic) bond motifs is 1. The molecule has 3 aromatic rings. The number of carbonyl (C=O) groups is 1. The molecule has 0 fully saturated rings. The minimum atomic E-state index is -0.904. The number of amides is 2. The fourth-order valence-electron chi connectivity index (χ4n) is 2.23. The Morgan fingerprint density at radius 2 is 1.83 bits per heavy atom. The number of thiophene rings is 1. The van der Waals surface area contributed by atoms with Crippen molar-refractivity contribution in [1.29, 1.82) is 0 Å². The average Bonchev–Trinajstić information content (AvgIpc) is 3.00. The molecular weight excluding hydrogens is 334 g/mol. The summed E-state index contributed by atoms with van der Waals surface area (Å²) in [6, 6.07) is 12.0. The molecule has 0 saturated carbocycles. The summed E-state index contributed by atoms with van der Waals surface area (Å²) in [5.74, 6) is -1.73. The lowest BCUT2D eigenvalue weighted by atomic mass is 10.2. The molecule has 0 bridgehead atoms. The van der Waals surface area contributed by atoms with Crippen LogP contribution in [0.1, 0.15) is 11.0 Å². The Hall–Kier alpha value is -2.51. The maximum atomic E-state index is 13.5. The van der Waals surface area contributed by atoms with Crippen molar-refractivity contribution in [1.82, 2.24) is 5.32 Å². The molecule has 2 aromatic carbocycles. The van der Waals surface area contributed by atoms with Crippen LogP contribution in [0.3, 0.4) is 0 Å². The average molecular weight is 348 g/mol. The van der Waals surface area contributed by atoms with Crippen LogP contribution in [0.25, 0.3) is 10.1 Å². The van der Waals surface area contributed by atoms with Gasteiger partial charge in [0, 0.05) is 9.58 Å². The molecule has 0 aliphatic rings. The zero-order valence-electron chi connectivity index (χ0n) is 12.4. The van der Waals surface area contributed by atoms with Gasteiger partial charge in [-0.15, -0.1) is 11.3 Å². The van der Waals surface area contributed by atoms with Crippen molar-refractivity contribution in [3.63, 3.8) is 0 Å². The SMILES string of the molecule is O=C(NCC(O)c1cc2ccccc2s1)Nc1c(F)cccc1F. The third kappa shape index (κ3) is 3.52. The van der Waals surface area contributed by atoms with Crippen LogP contribution >= 0.6 is 11.3 Å². The van der Waals surface area contributed by atoms with E-state index in [0.717, 1.165) is 22.2 Å². The van der Waals surface area contributed by atoms with Gasteiger partial charge in [0.1, 0.15) is 23.4 Å². The third-order valence-corrected chi connectivity index (χ3v) is 4.65. The smallest absolute Gasteiger partial charge is 0.319 e. The number of carbonyl (C=O) groups excluding carboxylic acids is 1. The Morgan fingerprint density at radius 1 is 1.12 bits per heavy atom. The van der Waals surface area contributed by atoms with E-state index in [-0.39, 0.29) is 6.54 Å². The summed E-state index contributed by atoms with van der Waals surface area (Å²) in [6.45, 7) is -0.0747. The van der Waals surface area contributed by atoms with E-state index in [2.05, 4.69) is 10.6 Å². The molecule has 1 unspecified atom stereocenters. The fraction of sp³-hybridized carbons (Fsp3) is 0.118. The summed E-state index contributed by atoms with van der Waals surface area (Å²) < 4.78 is 28.0. The Bertz CT molecular complexity index is 829. The third-order valence-electron chi connectivity index (χ3n) is 3.43. The largest absolute Gasteiger partial charge is 0.386 e. The Labute approximate surface area is 140 Å². The van der Waals surface area contributed by atoms with Crippen LogP contribution in [-0.2, 0) is 0 Å². The molecule has 1 atom stereocenters. The summed E-state index contributed by atoms with van der Waals surface area (Å²) >= 11 is 1.42. The highest BCUT2D eigenvalue weighted by Gasteiger charge is 2.15. The van der Waals surface area contributed by atoms with E-state index in [0.29, 0.717) is 4.88 Å². The van der Waals surface area contributed by atoms with Crippen molar-refractivity contribution in [2.24, 2.45) is 0 Å². The van der Waals surface area contributed by atoms with Crippen LogP contribution in [0.5, 0.6) is 0 Å². The molecular formula is C17H14F2N2O2S. The van der Waals surface area contributed by atoms with Gasteiger partial charge in [-0.2, -0.15) is 0 Å². The molecule has 0 aliphatic heterocycles. The van der Waals surface area contributed by atoms with Crippen LogP contribution in [0.15, 0.2) is 48.5 Å². The lowest BCUT2D eigenvalue weighted by Gasteiger charge is -2.12. The van der Waals surface area contributed by atoms with E-state index < -0.39 is 29.5 Å². The maximum Gasteiger partial charge on any atom is 0.319 e. The number of nitrogens with one attached hydrogen (secondary N) is 2. The molecule has 3 N–H and O–H groups in total. The normalized spacial score (nSPS) is 12.1. The van der Waals surface area contributed by atoms with Gasteiger partial charge in [0.15, 0.2) is 0 Å². The highest BCUT2D eigenvalue weighted by Crippen LogP contribution is 2.29. The Morgan fingerprint density at radius 3 is 2.54 bits per heavy atom. The predicted molar refractivity (Wildman–Crippen MR) is 90.2 cm³/mol. The predicted octanol–water partition coefficient (Wildman–Crippen LogP) is 4.03. The van der Waals surface area contributed by atoms with Crippen LogP contribution < -0.4 is 10.6 Å². The molecule has 7 heteroatoms. The van der Waals surface area contributed by atoms with E-state index in [4.69, 9.17) is 0 Å². The molecule has 2 amide bonds. The van der Waals surface area contributed by atoms with E-state index in [1.54, 1.807) is 0 Å². The van der Waals surface area contributed by atoms with E-state index in [1.165, 1.54) is 17.4 Å². The second kappa shape index (κ2) is 6.94. The molecule has 24 heavy (non-hydrogen) atoms. The number of aliphatic hydroxyl groups is 1. The van der Waals surface area contributed by atoms with Crippen molar-refractivity contribution in [2.75, 3.05) is 11.9 Å². The number of urea groups is 1. The van der Waals surface area contributed by atoms with Gasteiger partial charge in [0.2, 0.25) is 0 Å². The second-order valence-electron chi connectivity index (χ2n) is 5.13. The molecule has 1 heterocycles. The van der Waals surface area contributed by atoms with Crippen molar-refractivity contribution < 1.29 is 18.7 Å². The highest BCUT2D eigenvalue weighted by atomic mass is 32.1. The lowest BCUT2D eigenvalue weighted by Crippen LogP contribution is -2.32. The quantitative estimate of drug-likeness (QED) is 0.666. The Balaban J connectivity index is 1.61. The van der Waals surface area contributed by atoms with E-state index >= 15 is 0 Å². The van der Waals surface area contributed by atoms with Gasteiger partial charge in [-0.05, 0) is 29.7 Å². The molecule has 0 spiro atoms. The summed E-state index contributed by atoms with van der Waals surface area (Å²) in [7, 11) is 0. The van der Waals surface area contributed by atoms with E-state index in [1.807, 2.05) is 30.3 Å². The van der Waals surface area contributed by atoms with Gasteiger partial charge >= 0.3 is 6.03 Å². The highest BCUT2D eigenvalue weighted by molar-refractivity contribution is 7.19. The topological polar surface area (TPSA) is 61.4 Å². The summed E-state index contributed by atoms with van der Waals surface area (Å²) in [5.41, 5.74) is -0.522. The molecule has 0 saturated heterocycles. The van der Waals surface area contributed by atoms with Gasteiger partial charge in [0.05, 0.1) is 6.54 Å². The number of rotatable bonds is 4. The minimum Gasteiger partial charge on any atom is -0.386 e. The summed E-state index contributed by atoms with van der Waals surface area (Å²) in [6.07, 6.45) is -0.904. The number of para-hydroxylation sites is 1. The van der Waals surface area contributed by atoms with Gasteiger partial charge in [-0.1, -0.05) is 24.3 Å². The molecule has 0 radical (unpaired) electrons. The fourth-order valence-corrected chi connectivity index (χ4v) is 3.28. The maximum absolute atomic E-state index is 13.5. The molecule has 3 rings (SSSR count). The van der Waals surface area contributed by atoms with Crippen molar-refractivity contribution in [2.45, 2.75) is 6.10 Å². The van der Waals surface area contributed by atoms with Gasteiger partial charge < -0.3 is 15.7 Å².